The van der Waals surface area contributed by atoms with Gasteiger partial charge in [0.2, 0.25) is 0 Å². The van der Waals surface area contributed by atoms with E-state index in [0.29, 0.717) is 34.8 Å². The van der Waals surface area contributed by atoms with Gasteiger partial charge < -0.3 is 29.9 Å². The number of hydrogen-bond donors (Lipinski definition) is 4. The minimum Gasteiger partial charge on any atom is -0.507 e. The number of aromatic hydroxyl groups is 4. The number of esters is 2. The molecule has 0 spiro atoms. The quantitative estimate of drug-likeness (QED) is 0.0639. The summed E-state index contributed by atoms with van der Waals surface area (Å²) in [5.41, 5.74) is 15.9. The van der Waals surface area contributed by atoms with Crippen LogP contribution in [0.2, 0.25) is 0 Å². The molecule has 0 amide bonds. The van der Waals surface area contributed by atoms with Gasteiger partial charge in [0.05, 0.1) is 0 Å². The van der Waals surface area contributed by atoms with Crippen LogP contribution in [0.1, 0.15) is 226 Å². The first-order valence-corrected chi connectivity index (χ1v) is 29.1. The molecule has 6 rings (SSSR count). The highest BCUT2D eigenvalue weighted by molar-refractivity contribution is 5.85. The van der Waals surface area contributed by atoms with Crippen molar-refractivity contribution in [2.45, 2.75) is 218 Å². The maximum atomic E-state index is 12.1. The van der Waals surface area contributed by atoms with E-state index >= 15 is 0 Å². The van der Waals surface area contributed by atoms with Crippen LogP contribution in [-0.4, -0.2) is 32.4 Å². The predicted octanol–water partition coefficient (Wildman–Crippen LogP) is 19.1. The molecule has 448 valence electrons. The fraction of sp³-hybridized carbons (Fsp3) is 0.440. The molecular weight excluding hydrogens is 1030 g/mol. The fourth-order valence-corrected chi connectivity index (χ4v) is 10.3. The third-order valence-corrected chi connectivity index (χ3v) is 15.1. The summed E-state index contributed by atoms with van der Waals surface area (Å²) in [4.78, 5) is 23.8. The van der Waals surface area contributed by atoms with Crippen molar-refractivity contribution in [3.8, 4) is 45.6 Å². The van der Waals surface area contributed by atoms with Crippen molar-refractivity contribution in [3.63, 3.8) is 0 Å². The van der Waals surface area contributed by atoms with E-state index in [9.17, 15) is 30.0 Å². The fourth-order valence-electron chi connectivity index (χ4n) is 10.3. The van der Waals surface area contributed by atoms with Gasteiger partial charge in [-0.3, -0.25) is 0 Å². The van der Waals surface area contributed by atoms with E-state index in [1.807, 2.05) is 90.9 Å². The van der Waals surface area contributed by atoms with Crippen LogP contribution in [0.25, 0.3) is 11.1 Å². The predicted molar refractivity (Wildman–Crippen MR) is 347 cm³/mol. The van der Waals surface area contributed by atoms with Crippen LogP contribution >= 0.6 is 0 Å². The standard InChI is InChI=1S/C28H42O2.C26H34O3.C21H24O3/c1-25(2,3)17-13-19(23(29)21(15-17)27(7,8)9)20-14-18(26(4,5)6)16-22(24(20)30)28(10,11)12;1-10-22(27)29-24-19(12-17(3)14-21(24)26(7,8)9)15-18-11-16(2)13-20(23(18)28)25(4,5)6;1-7-19(22)24-21-15(5)9-13(3)11-18(21)16(6)17-10-12(2)8-14(4)20(17)23/h13-16,29-30H,1-12H3;10-14,28H,1,15H2,2-9H3;7-11,16,23H,1H2,2-6H3. The molecule has 0 fully saturated rings. The minimum atomic E-state index is -0.486. The van der Waals surface area contributed by atoms with Crippen LogP contribution in [0, 0.1) is 41.5 Å². The number of carbonyl (C=O) groups is 2. The summed E-state index contributed by atoms with van der Waals surface area (Å²) in [7, 11) is 0. The first-order valence-electron chi connectivity index (χ1n) is 29.1. The second-order valence-corrected chi connectivity index (χ2v) is 29.1. The maximum Gasteiger partial charge on any atom is 0.335 e. The highest BCUT2D eigenvalue weighted by atomic mass is 16.5. The second kappa shape index (κ2) is 25.4. The highest BCUT2D eigenvalue weighted by Crippen LogP contribution is 2.49. The van der Waals surface area contributed by atoms with Crippen molar-refractivity contribution in [2.75, 3.05) is 0 Å². The van der Waals surface area contributed by atoms with Crippen LogP contribution in [0.15, 0.2) is 98.1 Å². The van der Waals surface area contributed by atoms with Crippen molar-refractivity contribution in [2.24, 2.45) is 0 Å². The zero-order chi connectivity index (χ0) is 63.6. The molecule has 0 aliphatic carbocycles. The molecular formula is C75H100O8. The Balaban J connectivity index is 0.000000269. The van der Waals surface area contributed by atoms with Crippen LogP contribution in [-0.2, 0) is 48.5 Å². The van der Waals surface area contributed by atoms with Crippen LogP contribution in [0.4, 0.5) is 0 Å². The van der Waals surface area contributed by atoms with Gasteiger partial charge in [0.1, 0.15) is 34.5 Å². The topological polar surface area (TPSA) is 134 Å². The Morgan fingerprint density at radius 2 is 0.759 bits per heavy atom. The summed E-state index contributed by atoms with van der Waals surface area (Å²) in [6.45, 7) is 59.2. The van der Waals surface area contributed by atoms with E-state index in [-0.39, 0.29) is 55.7 Å². The number of benzene rings is 6. The van der Waals surface area contributed by atoms with Crippen LogP contribution in [0.5, 0.6) is 34.5 Å². The van der Waals surface area contributed by atoms with Gasteiger partial charge in [-0.15, -0.1) is 0 Å². The number of phenols is 4. The molecule has 4 N–H and O–H groups in total. The molecule has 0 saturated heterocycles. The van der Waals surface area contributed by atoms with Gasteiger partial charge in [-0.25, -0.2) is 9.59 Å². The molecule has 1 unspecified atom stereocenters. The first kappa shape index (κ1) is 68.4. The number of phenolic OH excluding ortho intramolecular Hbond substituents is 4. The van der Waals surface area contributed by atoms with Crippen molar-refractivity contribution in [1.29, 1.82) is 0 Å². The third kappa shape index (κ3) is 17.0. The number of carbonyl (C=O) groups excluding carboxylic acids is 2. The molecule has 0 aliphatic heterocycles. The molecule has 0 radical (unpaired) electrons. The summed E-state index contributed by atoms with van der Waals surface area (Å²) in [6.07, 6.45) is 2.81. The highest BCUT2D eigenvalue weighted by Gasteiger charge is 2.31. The minimum absolute atomic E-state index is 0.0768. The number of ether oxygens (including phenoxy) is 2. The smallest absolute Gasteiger partial charge is 0.335 e. The van der Waals surface area contributed by atoms with E-state index < -0.39 is 11.9 Å². The largest absolute Gasteiger partial charge is 0.507 e. The molecule has 0 saturated carbocycles. The lowest BCUT2D eigenvalue weighted by Gasteiger charge is -2.30. The normalized spacial score (nSPS) is 12.5. The Kier molecular flexibility index (Phi) is 21.0. The van der Waals surface area contributed by atoms with Gasteiger partial charge in [-0.05, 0) is 125 Å². The van der Waals surface area contributed by atoms with Gasteiger partial charge in [-0.2, -0.15) is 0 Å². The molecule has 0 aromatic heterocycles. The van der Waals surface area contributed by atoms with Gasteiger partial charge in [0.25, 0.3) is 0 Å². The molecule has 0 bridgehead atoms. The van der Waals surface area contributed by atoms with E-state index in [1.54, 1.807) is 0 Å². The second-order valence-electron chi connectivity index (χ2n) is 29.1. The number of rotatable bonds is 9. The average molecular weight is 1130 g/mol. The SMILES string of the molecule is C=CC(=O)Oc1c(C)cc(C)cc1C(C)c1cc(C)cc(C)c1O.C=CC(=O)Oc1c(Cc2cc(C)cc(C(C)(C)C)c2O)cc(C)cc1C(C)(C)C.CC(C)(C)c1cc(-c2cc(C(C)(C)C)cc(C(C)(C)C)c2O)c(O)c(C(C)(C)C)c1. The summed E-state index contributed by atoms with van der Waals surface area (Å²) < 4.78 is 11.2. The summed E-state index contributed by atoms with van der Waals surface area (Å²) in [6, 6.07) is 24.4. The van der Waals surface area contributed by atoms with E-state index in [4.69, 9.17) is 9.47 Å². The van der Waals surface area contributed by atoms with Gasteiger partial charge in [-0.1, -0.05) is 228 Å². The third-order valence-electron chi connectivity index (χ3n) is 15.1. The lowest BCUT2D eigenvalue weighted by Crippen LogP contribution is -2.18. The Labute approximate surface area is 499 Å². The Morgan fingerprint density at radius 1 is 0.410 bits per heavy atom. The van der Waals surface area contributed by atoms with Crippen molar-refractivity contribution in [1.82, 2.24) is 0 Å². The van der Waals surface area contributed by atoms with E-state index in [1.165, 1.54) is 6.08 Å². The Hall–Kier alpha value is -7.06. The van der Waals surface area contributed by atoms with Crippen LogP contribution in [0.3, 0.4) is 0 Å². The molecule has 8 nitrogen and oxygen atoms in total. The zero-order valence-electron chi connectivity index (χ0n) is 55.2. The summed E-state index contributed by atoms with van der Waals surface area (Å²) >= 11 is 0. The first-order chi connectivity index (χ1) is 37.7. The van der Waals surface area contributed by atoms with E-state index in [2.05, 4.69) is 168 Å². The molecule has 0 aliphatic rings. The lowest BCUT2D eigenvalue weighted by molar-refractivity contribution is -0.130. The van der Waals surface area contributed by atoms with Crippen molar-refractivity contribution in [3.05, 3.63) is 187 Å². The van der Waals surface area contributed by atoms with E-state index in [0.717, 1.165) is 95.1 Å². The van der Waals surface area contributed by atoms with Crippen molar-refractivity contribution < 1.29 is 39.5 Å². The van der Waals surface area contributed by atoms with Crippen LogP contribution < -0.4 is 9.47 Å². The van der Waals surface area contributed by atoms with Gasteiger partial charge >= 0.3 is 11.9 Å². The molecule has 8 heteroatoms. The molecule has 83 heavy (non-hydrogen) atoms. The molecule has 6 aromatic carbocycles. The van der Waals surface area contributed by atoms with Gasteiger partial charge in [0.15, 0.2) is 0 Å². The van der Waals surface area contributed by atoms with Gasteiger partial charge in [0, 0.05) is 63.4 Å². The number of hydrogen-bond acceptors (Lipinski definition) is 8. The zero-order valence-corrected chi connectivity index (χ0v) is 55.2. The summed E-state index contributed by atoms with van der Waals surface area (Å²) in [5, 5.41) is 44.2. The Morgan fingerprint density at radius 3 is 1.16 bits per heavy atom. The lowest BCUT2D eigenvalue weighted by atomic mass is 9.75. The monoisotopic (exact) mass is 1130 g/mol. The molecule has 1 atom stereocenters. The van der Waals surface area contributed by atoms with Crippen molar-refractivity contribution >= 4 is 11.9 Å². The summed E-state index contributed by atoms with van der Waals surface area (Å²) in [5.74, 6) is 1.13. The Bertz CT molecular complexity index is 3320. The average Bonchev–Trinajstić information content (AvgIpc) is 2.65. The maximum absolute atomic E-state index is 12.1. The molecule has 0 heterocycles. The molecule has 6 aromatic rings. The number of aryl methyl sites for hydroxylation is 6.